The fourth-order valence-corrected chi connectivity index (χ4v) is 3.06. The second-order valence-corrected chi connectivity index (χ2v) is 6.61. The molecular weight excluding hydrogens is 461 g/mol. The minimum absolute atomic E-state index is 0.0411. The van der Waals surface area contributed by atoms with Crippen molar-refractivity contribution in [3.05, 3.63) is 51.6 Å². The molecule has 0 spiro atoms. The van der Waals surface area contributed by atoms with Crippen molar-refractivity contribution in [2.75, 3.05) is 19.5 Å². The molecule has 2 aromatic rings. The number of nitrogens with one attached hydrogen (secondary N) is 2. The van der Waals surface area contributed by atoms with Gasteiger partial charge in [0.2, 0.25) is 11.8 Å². The van der Waals surface area contributed by atoms with Crippen molar-refractivity contribution >= 4 is 46.3 Å². The molecule has 7 nitrogen and oxygen atoms in total. The van der Waals surface area contributed by atoms with E-state index >= 15 is 0 Å². The highest BCUT2D eigenvalue weighted by molar-refractivity contribution is 14.1. The molecule has 0 saturated carbocycles. The number of ether oxygens (including phenoxy) is 2. The van der Waals surface area contributed by atoms with Crippen LogP contribution >= 0.6 is 22.6 Å². The number of benzene rings is 2. The number of carbonyl (C=O) groups is 2. The lowest BCUT2D eigenvalue weighted by atomic mass is 10.2. The smallest absolute Gasteiger partial charge is 0.240 e. The molecule has 142 valence electrons. The summed E-state index contributed by atoms with van der Waals surface area (Å²) in [6, 6.07) is 12.7. The molecule has 2 N–H and O–H groups in total. The van der Waals surface area contributed by atoms with E-state index < -0.39 is 0 Å². The first-order chi connectivity index (χ1) is 13.0. The van der Waals surface area contributed by atoms with Crippen molar-refractivity contribution in [2.45, 2.75) is 12.8 Å². The first-order valence-electron chi connectivity index (χ1n) is 8.11. The number of rotatable bonds is 8. The summed E-state index contributed by atoms with van der Waals surface area (Å²) >= 11 is 2.13. The average molecular weight is 481 g/mol. The third-order valence-corrected chi connectivity index (χ3v) is 4.30. The van der Waals surface area contributed by atoms with Gasteiger partial charge in [0.1, 0.15) is 0 Å². The summed E-state index contributed by atoms with van der Waals surface area (Å²) in [6.07, 6.45) is 1.62. The molecule has 0 bridgehead atoms. The van der Waals surface area contributed by atoms with Gasteiger partial charge in [-0.15, -0.1) is 0 Å². The number of anilines is 1. The number of amides is 2. The van der Waals surface area contributed by atoms with Gasteiger partial charge in [0.05, 0.1) is 24.0 Å². The Morgan fingerprint density at radius 2 is 1.78 bits per heavy atom. The number of nitrogens with zero attached hydrogens (tertiary/aromatic N) is 1. The van der Waals surface area contributed by atoms with Gasteiger partial charge < -0.3 is 14.8 Å². The van der Waals surface area contributed by atoms with Crippen LogP contribution in [-0.4, -0.2) is 32.2 Å². The zero-order chi connectivity index (χ0) is 19.6. The molecule has 0 radical (unpaired) electrons. The third-order valence-electron chi connectivity index (χ3n) is 3.50. The molecule has 0 aromatic heterocycles. The van der Waals surface area contributed by atoms with E-state index in [-0.39, 0.29) is 24.7 Å². The molecule has 2 aromatic carbocycles. The monoisotopic (exact) mass is 481 g/mol. The number of hydrogen-bond acceptors (Lipinski definition) is 5. The van der Waals surface area contributed by atoms with E-state index in [0.717, 1.165) is 9.13 Å². The van der Waals surface area contributed by atoms with Gasteiger partial charge in [-0.2, -0.15) is 5.10 Å². The number of hydrogen-bond donors (Lipinski definition) is 2. The average Bonchev–Trinajstić information content (AvgIpc) is 2.66. The summed E-state index contributed by atoms with van der Waals surface area (Å²) in [6.45, 7) is 0. The van der Waals surface area contributed by atoms with Crippen molar-refractivity contribution in [3.8, 4) is 11.5 Å². The van der Waals surface area contributed by atoms with Crippen LogP contribution in [0.3, 0.4) is 0 Å². The fourth-order valence-electron chi connectivity index (χ4n) is 2.22. The van der Waals surface area contributed by atoms with Crippen LogP contribution in [0, 0.1) is 3.57 Å². The molecule has 0 aliphatic carbocycles. The maximum Gasteiger partial charge on any atom is 0.240 e. The Morgan fingerprint density at radius 1 is 1.07 bits per heavy atom. The number of halogens is 1. The predicted octanol–water partition coefficient (Wildman–Crippen LogP) is 3.18. The molecule has 2 amide bonds. The van der Waals surface area contributed by atoms with Crippen LogP contribution < -0.4 is 20.2 Å². The molecule has 0 aliphatic heterocycles. The Kier molecular flexibility index (Phi) is 8.05. The lowest BCUT2D eigenvalue weighted by molar-refractivity contribution is -0.124. The molecule has 0 unspecified atom stereocenters. The van der Waals surface area contributed by atoms with Gasteiger partial charge in [-0.05, 0) is 52.4 Å². The zero-order valence-electron chi connectivity index (χ0n) is 15.0. The van der Waals surface area contributed by atoms with Crippen LogP contribution in [-0.2, 0) is 9.59 Å². The molecule has 0 aliphatic rings. The third kappa shape index (κ3) is 6.55. The fraction of sp³-hybridized carbons (Fsp3) is 0.211. The zero-order valence-corrected chi connectivity index (χ0v) is 17.1. The van der Waals surface area contributed by atoms with Crippen molar-refractivity contribution in [1.29, 1.82) is 0 Å². The second kappa shape index (κ2) is 10.5. The van der Waals surface area contributed by atoms with Crippen LogP contribution in [0.1, 0.15) is 18.4 Å². The largest absolute Gasteiger partial charge is 0.493 e. The van der Waals surface area contributed by atoms with E-state index in [9.17, 15) is 9.59 Å². The van der Waals surface area contributed by atoms with Crippen LogP contribution in [0.15, 0.2) is 47.6 Å². The number of carbonyl (C=O) groups excluding carboxylic acids is 2. The second-order valence-electron chi connectivity index (χ2n) is 5.45. The van der Waals surface area contributed by atoms with E-state index in [0.29, 0.717) is 17.2 Å². The van der Waals surface area contributed by atoms with Crippen LogP contribution in [0.2, 0.25) is 0 Å². The number of methoxy groups -OCH3 is 2. The van der Waals surface area contributed by atoms with Gasteiger partial charge in [-0.3, -0.25) is 9.59 Å². The van der Waals surface area contributed by atoms with Gasteiger partial charge >= 0.3 is 0 Å². The van der Waals surface area contributed by atoms with Crippen molar-refractivity contribution in [3.63, 3.8) is 0 Å². The Labute approximate surface area is 171 Å². The summed E-state index contributed by atoms with van der Waals surface area (Å²) in [4.78, 5) is 23.7. The van der Waals surface area contributed by atoms with Gasteiger partial charge in [-0.25, -0.2) is 5.43 Å². The van der Waals surface area contributed by atoms with Gasteiger partial charge in [0, 0.05) is 18.5 Å². The lowest BCUT2D eigenvalue weighted by Crippen LogP contribution is -2.20. The quantitative estimate of drug-likeness (QED) is 0.345. The first-order valence-corrected chi connectivity index (χ1v) is 9.19. The van der Waals surface area contributed by atoms with Crippen LogP contribution in [0.5, 0.6) is 11.5 Å². The molecule has 2 rings (SSSR count). The summed E-state index contributed by atoms with van der Waals surface area (Å²) < 4.78 is 11.4. The minimum atomic E-state index is -0.343. The molecule has 27 heavy (non-hydrogen) atoms. The maximum absolute atomic E-state index is 11.8. The number of para-hydroxylation sites is 1. The van der Waals surface area contributed by atoms with E-state index in [1.165, 1.54) is 6.21 Å². The molecule has 8 heteroatoms. The summed E-state index contributed by atoms with van der Waals surface area (Å²) in [5.41, 5.74) is 3.86. The van der Waals surface area contributed by atoms with Gasteiger partial charge in [0.25, 0.3) is 0 Å². The van der Waals surface area contributed by atoms with E-state index in [1.807, 2.05) is 24.3 Å². The normalized spacial score (nSPS) is 10.5. The van der Waals surface area contributed by atoms with Crippen molar-refractivity contribution < 1.29 is 19.1 Å². The highest BCUT2D eigenvalue weighted by Gasteiger charge is 2.10. The highest BCUT2D eigenvalue weighted by atomic mass is 127. The lowest BCUT2D eigenvalue weighted by Gasteiger charge is -2.10. The Morgan fingerprint density at radius 3 is 2.44 bits per heavy atom. The molecule has 0 saturated heterocycles. The summed E-state index contributed by atoms with van der Waals surface area (Å²) in [5, 5.41) is 6.64. The Hall–Kier alpha value is -2.62. The van der Waals surface area contributed by atoms with Gasteiger partial charge in [0.15, 0.2) is 11.5 Å². The Balaban J connectivity index is 1.83. The molecule has 0 atom stereocenters. The van der Waals surface area contributed by atoms with Gasteiger partial charge in [-0.1, -0.05) is 18.2 Å². The first kappa shape index (κ1) is 20.7. The predicted molar refractivity (Wildman–Crippen MR) is 112 cm³/mol. The topological polar surface area (TPSA) is 89.0 Å². The Bertz CT molecular complexity index is 825. The SMILES string of the molecule is COc1cc(C=NNC(=O)CCC(=O)Nc2ccccc2)cc(I)c1OC. The summed E-state index contributed by atoms with van der Waals surface area (Å²) in [7, 11) is 3.12. The maximum atomic E-state index is 11.8. The van der Waals surface area contributed by atoms with Crippen molar-refractivity contribution in [2.24, 2.45) is 5.10 Å². The molecule has 0 fully saturated rings. The van der Waals surface area contributed by atoms with E-state index in [1.54, 1.807) is 32.4 Å². The number of hydrazone groups is 1. The van der Waals surface area contributed by atoms with E-state index in [4.69, 9.17) is 9.47 Å². The standard InChI is InChI=1S/C19H20IN3O4/c1-26-16-11-13(10-15(20)19(16)27-2)12-21-23-18(25)9-8-17(24)22-14-6-4-3-5-7-14/h3-7,10-12H,8-9H2,1-2H3,(H,22,24)(H,23,25). The molecule has 0 heterocycles. The molecular formula is C19H20IN3O4. The summed E-state index contributed by atoms with van der Waals surface area (Å²) in [5.74, 6) is 0.651. The van der Waals surface area contributed by atoms with Crippen molar-refractivity contribution in [1.82, 2.24) is 5.43 Å². The van der Waals surface area contributed by atoms with E-state index in [2.05, 4.69) is 38.4 Å². The highest BCUT2D eigenvalue weighted by Crippen LogP contribution is 2.32. The van der Waals surface area contributed by atoms with Crippen LogP contribution in [0.25, 0.3) is 0 Å². The minimum Gasteiger partial charge on any atom is -0.493 e. The van der Waals surface area contributed by atoms with Crippen LogP contribution in [0.4, 0.5) is 5.69 Å².